The zero-order valence-corrected chi connectivity index (χ0v) is 20.6. The van der Waals surface area contributed by atoms with Crippen LogP contribution in [-0.2, 0) is 16.4 Å². The van der Waals surface area contributed by atoms with E-state index in [-0.39, 0.29) is 24.2 Å². The summed E-state index contributed by atoms with van der Waals surface area (Å²) >= 11 is 0. The van der Waals surface area contributed by atoms with Crippen molar-refractivity contribution in [3.05, 3.63) is 62.8 Å². The van der Waals surface area contributed by atoms with E-state index in [1.807, 2.05) is 6.92 Å². The summed E-state index contributed by atoms with van der Waals surface area (Å²) in [4.78, 5) is 28.5. The van der Waals surface area contributed by atoms with Crippen LogP contribution in [0.3, 0.4) is 0 Å². The Kier molecular flexibility index (Phi) is 7.08. The van der Waals surface area contributed by atoms with Gasteiger partial charge in [0, 0.05) is 30.4 Å². The Labute approximate surface area is 193 Å². The number of fused-ring (bicyclic) bond motifs is 1. The van der Waals surface area contributed by atoms with Gasteiger partial charge in [-0.05, 0) is 51.0 Å². The smallest absolute Gasteiger partial charge is 0.255 e. The minimum Gasteiger partial charge on any atom is -0.496 e. The molecule has 0 saturated heterocycles. The number of carbonyl (C=O) groups excluding carboxylic acids is 1. The summed E-state index contributed by atoms with van der Waals surface area (Å²) in [6.07, 6.45) is 3.08. The Morgan fingerprint density at radius 1 is 1.33 bits per heavy atom. The van der Waals surface area contributed by atoms with E-state index in [0.29, 0.717) is 45.9 Å². The molecule has 0 aromatic carbocycles. The highest BCUT2D eigenvalue weighted by molar-refractivity contribution is 7.88. The first-order chi connectivity index (χ1) is 15.5. The predicted molar refractivity (Wildman–Crippen MR) is 127 cm³/mol. The largest absolute Gasteiger partial charge is 0.496 e. The molecule has 1 unspecified atom stereocenters. The molecule has 0 aliphatic rings. The van der Waals surface area contributed by atoms with Crippen molar-refractivity contribution in [3.8, 4) is 5.75 Å². The molecule has 178 valence electrons. The van der Waals surface area contributed by atoms with Gasteiger partial charge in [-0.25, -0.2) is 12.9 Å². The minimum absolute atomic E-state index is 0.0926. The number of Topliss-reactive ketones (excluding diaryl/α,β-unsaturated/α-hetero) is 1. The zero-order chi connectivity index (χ0) is 24.5. The van der Waals surface area contributed by atoms with Crippen LogP contribution in [0.5, 0.6) is 5.75 Å². The monoisotopic (exact) mass is 474 g/mol. The number of H-pyrrole nitrogens is 1. The lowest BCUT2D eigenvalue weighted by Gasteiger charge is -2.26. The van der Waals surface area contributed by atoms with Crippen molar-refractivity contribution in [3.63, 3.8) is 0 Å². The summed E-state index contributed by atoms with van der Waals surface area (Å²) in [6, 6.07) is 4.74. The highest BCUT2D eigenvalue weighted by Gasteiger charge is 2.30. The van der Waals surface area contributed by atoms with Gasteiger partial charge in [0.05, 0.1) is 36.2 Å². The Bertz CT molecular complexity index is 1360. The fraction of sp³-hybridized carbons (Fsp3) is 0.435. The SMILES string of the molecule is CCN(C(C)c1c(C)c(C(=O)CCc2c(OC)cc(C)[nH]c2=O)c2cccnn12)S(C)(=O)=O. The van der Waals surface area contributed by atoms with Gasteiger partial charge in [0.2, 0.25) is 10.0 Å². The number of methoxy groups -OCH3 is 1. The van der Waals surface area contributed by atoms with Crippen LogP contribution < -0.4 is 10.3 Å². The Balaban J connectivity index is 2.04. The number of carbonyl (C=O) groups is 1. The average Bonchev–Trinajstić information content (AvgIpc) is 3.03. The molecule has 1 N–H and O–H groups in total. The summed E-state index contributed by atoms with van der Waals surface area (Å²) in [5.41, 5.74) is 3.23. The van der Waals surface area contributed by atoms with Gasteiger partial charge in [0.15, 0.2) is 5.78 Å². The van der Waals surface area contributed by atoms with Crippen LogP contribution >= 0.6 is 0 Å². The number of sulfonamides is 1. The number of aryl methyl sites for hydroxylation is 1. The number of hydrogen-bond acceptors (Lipinski definition) is 6. The molecule has 33 heavy (non-hydrogen) atoms. The quantitative estimate of drug-likeness (QED) is 0.477. The molecule has 3 aromatic rings. The molecule has 9 nitrogen and oxygen atoms in total. The van der Waals surface area contributed by atoms with Gasteiger partial charge in [-0.1, -0.05) is 6.92 Å². The maximum atomic E-state index is 13.4. The standard InChI is InChI=1S/C23H30N4O5S/c1-7-26(33(6,30)31)16(4)22-15(3)21(18-9-8-12-24-27(18)22)19(28)11-10-17-20(32-5)13-14(2)25-23(17)29/h8-9,12-13,16H,7,10-11H2,1-6H3,(H,25,29). The highest BCUT2D eigenvalue weighted by Crippen LogP contribution is 2.32. The van der Waals surface area contributed by atoms with E-state index in [0.717, 1.165) is 0 Å². The van der Waals surface area contributed by atoms with Crippen LogP contribution in [0.4, 0.5) is 0 Å². The van der Waals surface area contributed by atoms with Crippen LogP contribution in [0.1, 0.15) is 59.2 Å². The molecule has 0 radical (unpaired) electrons. The summed E-state index contributed by atoms with van der Waals surface area (Å²) in [5.74, 6) is 0.297. The van der Waals surface area contributed by atoms with Gasteiger partial charge in [-0.2, -0.15) is 9.40 Å². The number of ether oxygens (including phenoxy) is 1. The van der Waals surface area contributed by atoms with Gasteiger partial charge in [0.1, 0.15) is 5.75 Å². The number of hydrogen-bond donors (Lipinski definition) is 1. The Morgan fingerprint density at radius 2 is 2.03 bits per heavy atom. The minimum atomic E-state index is -3.47. The van der Waals surface area contributed by atoms with Crippen LogP contribution in [0.15, 0.2) is 29.2 Å². The van der Waals surface area contributed by atoms with Crippen molar-refractivity contribution in [2.45, 2.75) is 46.6 Å². The summed E-state index contributed by atoms with van der Waals surface area (Å²) in [6.45, 7) is 7.43. The number of aromatic amines is 1. The summed E-state index contributed by atoms with van der Waals surface area (Å²) in [5, 5.41) is 4.40. The van der Waals surface area contributed by atoms with Crippen LogP contribution in [-0.4, -0.2) is 53.0 Å². The third-order valence-electron chi connectivity index (χ3n) is 5.89. The number of pyridine rings is 1. The molecular formula is C23H30N4O5S. The molecule has 3 rings (SSSR count). The maximum absolute atomic E-state index is 13.4. The van der Waals surface area contributed by atoms with Crippen molar-refractivity contribution in [1.29, 1.82) is 0 Å². The first-order valence-corrected chi connectivity index (χ1v) is 12.6. The van der Waals surface area contributed by atoms with Gasteiger partial charge < -0.3 is 9.72 Å². The lowest BCUT2D eigenvalue weighted by molar-refractivity contribution is 0.0983. The molecule has 3 aromatic heterocycles. The van der Waals surface area contributed by atoms with E-state index < -0.39 is 16.1 Å². The Hall–Kier alpha value is -2.98. The van der Waals surface area contributed by atoms with Crippen molar-refractivity contribution in [2.24, 2.45) is 0 Å². The normalized spacial score (nSPS) is 12.9. The van der Waals surface area contributed by atoms with Crippen molar-refractivity contribution in [1.82, 2.24) is 18.9 Å². The van der Waals surface area contributed by atoms with Crippen molar-refractivity contribution >= 4 is 21.3 Å². The fourth-order valence-corrected chi connectivity index (χ4v) is 5.62. The van der Waals surface area contributed by atoms with Gasteiger partial charge in [-0.15, -0.1) is 0 Å². The highest BCUT2D eigenvalue weighted by atomic mass is 32.2. The molecule has 0 bridgehead atoms. The molecule has 10 heteroatoms. The molecule has 0 saturated carbocycles. The number of rotatable bonds is 9. The van der Waals surface area contributed by atoms with E-state index in [4.69, 9.17) is 4.74 Å². The molecule has 0 fully saturated rings. The lowest BCUT2D eigenvalue weighted by Crippen LogP contribution is -2.33. The number of nitrogens with zero attached hydrogens (tertiary/aromatic N) is 3. The van der Waals surface area contributed by atoms with Crippen molar-refractivity contribution < 1.29 is 17.9 Å². The predicted octanol–water partition coefficient (Wildman–Crippen LogP) is 2.81. The molecular weight excluding hydrogens is 444 g/mol. The first kappa shape index (κ1) is 24.7. The van der Waals surface area contributed by atoms with E-state index in [1.54, 1.807) is 49.7 Å². The fourth-order valence-electron chi connectivity index (χ4n) is 4.48. The zero-order valence-electron chi connectivity index (χ0n) is 19.8. The molecule has 0 aliphatic heterocycles. The van der Waals surface area contributed by atoms with Gasteiger partial charge in [0.25, 0.3) is 5.56 Å². The van der Waals surface area contributed by atoms with Gasteiger partial charge >= 0.3 is 0 Å². The van der Waals surface area contributed by atoms with E-state index >= 15 is 0 Å². The number of ketones is 1. The van der Waals surface area contributed by atoms with Crippen LogP contribution in [0, 0.1) is 13.8 Å². The molecule has 1 atom stereocenters. The molecule has 3 heterocycles. The van der Waals surface area contributed by atoms with Crippen molar-refractivity contribution in [2.75, 3.05) is 19.9 Å². The van der Waals surface area contributed by atoms with E-state index in [1.165, 1.54) is 17.7 Å². The maximum Gasteiger partial charge on any atom is 0.255 e. The van der Waals surface area contributed by atoms with Gasteiger partial charge in [-0.3, -0.25) is 9.59 Å². The third kappa shape index (κ3) is 4.72. The first-order valence-electron chi connectivity index (χ1n) is 10.7. The lowest BCUT2D eigenvalue weighted by atomic mass is 9.99. The third-order valence-corrected chi connectivity index (χ3v) is 7.32. The second-order valence-electron chi connectivity index (χ2n) is 8.10. The Morgan fingerprint density at radius 3 is 2.64 bits per heavy atom. The molecule has 0 amide bonds. The van der Waals surface area contributed by atoms with E-state index in [9.17, 15) is 18.0 Å². The van der Waals surface area contributed by atoms with E-state index in [2.05, 4.69) is 10.1 Å². The summed E-state index contributed by atoms with van der Waals surface area (Å²) < 4.78 is 33.0. The average molecular weight is 475 g/mol. The van der Waals surface area contributed by atoms with Crippen LogP contribution in [0.25, 0.3) is 5.52 Å². The second kappa shape index (κ2) is 9.48. The molecule has 0 spiro atoms. The second-order valence-corrected chi connectivity index (χ2v) is 10.0. The topological polar surface area (TPSA) is 114 Å². The van der Waals surface area contributed by atoms with Crippen LogP contribution in [0.2, 0.25) is 0 Å². The number of nitrogens with one attached hydrogen (secondary N) is 1. The summed E-state index contributed by atoms with van der Waals surface area (Å²) in [7, 11) is -1.97. The number of aromatic nitrogens is 3. The molecule has 0 aliphatic carbocycles.